The van der Waals surface area contributed by atoms with Gasteiger partial charge >= 0.3 is 0 Å². The van der Waals surface area contributed by atoms with Crippen molar-refractivity contribution in [2.75, 3.05) is 0 Å². The molecule has 1 aromatic rings. The van der Waals surface area contributed by atoms with E-state index in [0.717, 1.165) is 11.7 Å². The highest BCUT2D eigenvalue weighted by Crippen LogP contribution is 2.40. The molecule has 3 atom stereocenters. The molecule has 2 saturated heterocycles. The fourth-order valence-corrected chi connectivity index (χ4v) is 4.02. The SMILES string of the molecule is C1CCC(c2noc(C3CC4CCC3N4)n2)CC1. The molecule has 1 saturated carbocycles. The predicted octanol–water partition coefficient (Wildman–Crippen LogP) is 2.73. The van der Waals surface area contributed by atoms with Crippen molar-refractivity contribution in [1.29, 1.82) is 0 Å². The summed E-state index contributed by atoms with van der Waals surface area (Å²) in [4.78, 5) is 4.72. The van der Waals surface area contributed by atoms with Crippen LogP contribution in [0.15, 0.2) is 4.52 Å². The number of hydrogen-bond donors (Lipinski definition) is 1. The summed E-state index contributed by atoms with van der Waals surface area (Å²) >= 11 is 0. The molecule has 4 heteroatoms. The molecule has 3 unspecified atom stereocenters. The maximum absolute atomic E-state index is 5.55. The van der Waals surface area contributed by atoms with Gasteiger partial charge in [-0.2, -0.15) is 4.98 Å². The van der Waals surface area contributed by atoms with Crippen molar-refractivity contribution in [3.05, 3.63) is 11.7 Å². The Morgan fingerprint density at radius 1 is 1.06 bits per heavy atom. The molecular formula is C14H21N3O. The predicted molar refractivity (Wildman–Crippen MR) is 67.4 cm³/mol. The molecular weight excluding hydrogens is 226 g/mol. The molecule has 2 aliphatic heterocycles. The van der Waals surface area contributed by atoms with E-state index in [9.17, 15) is 0 Å². The van der Waals surface area contributed by atoms with E-state index in [1.807, 2.05) is 0 Å². The molecule has 0 amide bonds. The Kier molecular flexibility index (Phi) is 2.64. The number of aromatic nitrogens is 2. The second-order valence-electron chi connectivity index (χ2n) is 6.22. The molecule has 0 spiro atoms. The maximum Gasteiger partial charge on any atom is 0.231 e. The van der Waals surface area contributed by atoms with Crippen molar-refractivity contribution >= 4 is 0 Å². The molecule has 1 N–H and O–H groups in total. The van der Waals surface area contributed by atoms with Crippen LogP contribution in [-0.2, 0) is 0 Å². The minimum atomic E-state index is 0.480. The lowest BCUT2D eigenvalue weighted by Gasteiger charge is -2.18. The molecule has 0 radical (unpaired) electrons. The first-order chi connectivity index (χ1) is 8.90. The summed E-state index contributed by atoms with van der Waals surface area (Å²) in [7, 11) is 0. The van der Waals surface area contributed by atoms with Gasteiger partial charge in [0.15, 0.2) is 5.82 Å². The summed E-state index contributed by atoms with van der Waals surface area (Å²) in [6.07, 6.45) is 10.3. The first-order valence-electron chi connectivity index (χ1n) is 7.50. The van der Waals surface area contributed by atoms with Crippen LogP contribution in [0.3, 0.4) is 0 Å². The zero-order valence-electron chi connectivity index (χ0n) is 10.8. The Morgan fingerprint density at radius 2 is 1.94 bits per heavy atom. The second kappa shape index (κ2) is 4.34. The van der Waals surface area contributed by atoms with Gasteiger partial charge in [0.1, 0.15) is 0 Å². The van der Waals surface area contributed by atoms with Crippen molar-refractivity contribution in [1.82, 2.24) is 15.5 Å². The fraction of sp³-hybridized carbons (Fsp3) is 0.857. The van der Waals surface area contributed by atoms with Crippen LogP contribution >= 0.6 is 0 Å². The Labute approximate surface area is 108 Å². The van der Waals surface area contributed by atoms with E-state index in [4.69, 9.17) is 9.51 Å². The molecule has 18 heavy (non-hydrogen) atoms. The van der Waals surface area contributed by atoms with Gasteiger partial charge in [0, 0.05) is 18.0 Å². The van der Waals surface area contributed by atoms with E-state index < -0.39 is 0 Å². The van der Waals surface area contributed by atoms with Crippen molar-refractivity contribution in [3.8, 4) is 0 Å². The third kappa shape index (κ3) is 1.78. The van der Waals surface area contributed by atoms with Gasteiger partial charge in [-0.15, -0.1) is 0 Å². The van der Waals surface area contributed by atoms with Crippen molar-refractivity contribution in [2.45, 2.75) is 75.3 Å². The number of hydrogen-bond acceptors (Lipinski definition) is 4. The molecule has 3 fully saturated rings. The average Bonchev–Trinajstić information content (AvgIpc) is 3.15. The lowest BCUT2D eigenvalue weighted by Crippen LogP contribution is -2.21. The smallest absolute Gasteiger partial charge is 0.231 e. The zero-order chi connectivity index (χ0) is 11.9. The molecule has 98 valence electrons. The number of rotatable bonds is 2. The first-order valence-corrected chi connectivity index (χ1v) is 7.50. The summed E-state index contributed by atoms with van der Waals surface area (Å²) in [5, 5.41) is 7.89. The molecule has 3 aliphatic rings. The van der Waals surface area contributed by atoms with Gasteiger partial charge in [-0.1, -0.05) is 24.4 Å². The highest BCUT2D eigenvalue weighted by atomic mass is 16.5. The minimum absolute atomic E-state index is 0.480. The van der Waals surface area contributed by atoms with Gasteiger partial charge in [0.25, 0.3) is 0 Å². The van der Waals surface area contributed by atoms with Gasteiger partial charge in [-0.05, 0) is 32.1 Å². The molecule has 0 aromatic carbocycles. The third-order valence-electron chi connectivity index (χ3n) is 5.05. The highest BCUT2D eigenvalue weighted by Gasteiger charge is 2.42. The van der Waals surface area contributed by atoms with Crippen LogP contribution in [0.1, 0.15) is 74.9 Å². The Bertz CT molecular complexity index is 424. The normalized spacial score (nSPS) is 36.3. The van der Waals surface area contributed by atoms with E-state index in [1.165, 1.54) is 51.4 Å². The molecule has 3 heterocycles. The molecule has 4 rings (SSSR count). The Balaban J connectivity index is 1.51. The van der Waals surface area contributed by atoms with Crippen LogP contribution in [-0.4, -0.2) is 22.2 Å². The Morgan fingerprint density at radius 3 is 2.67 bits per heavy atom. The van der Waals surface area contributed by atoms with E-state index in [-0.39, 0.29) is 0 Å². The van der Waals surface area contributed by atoms with Gasteiger partial charge < -0.3 is 9.84 Å². The summed E-state index contributed by atoms with van der Waals surface area (Å²) in [6.45, 7) is 0. The fourth-order valence-electron chi connectivity index (χ4n) is 4.02. The van der Waals surface area contributed by atoms with Crippen LogP contribution in [0, 0.1) is 0 Å². The van der Waals surface area contributed by atoms with Crippen LogP contribution < -0.4 is 5.32 Å². The molecule has 2 bridgehead atoms. The molecule has 1 aromatic heterocycles. The van der Waals surface area contributed by atoms with Crippen molar-refractivity contribution in [2.24, 2.45) is 0 Å². The number of nitrogens with zero attached hydrogens (tertiary/aromatic N) is 2. The average molecular weight is 247 g/mol. The largest absolute Gasteiger partial charge is 0.339 e. The lowest BCUT2D eigenvalue weighted by atomic mass is 9.88. The summed E-state index contributed by atoms with van der Waals surface area (Å²) < 4.78 is 5.55. The standard InChI is InChI=1S/C14H21N3O/c1-2-4-9(5-3-1)13-16-14(18-17-13)11-8-10-6-7-12(11)15-10/h9-12,15H,1-8H2. The van der Waals surface area contributed by atoms with E-state index in [1.54, 1.807) is 0 Å². The van der Waals surface area contributed by atoms with Gasteiger partial charge in [0.2, 0.25) is 5.89 Å². The number of nitrogens with one attached hydrogen (secondary N) is 1. The maximum atomic E-state index is 5.55. The first kappa shape index (κ1) is 11.0. The summed E-state index contributed by atoms with van der Waals surface area (Å²) in [5.41, 5.74) is 0. The molecule has 4 nitrogen and oxygen atoms in total. The van der Waals surface area contributed by atoms with Crippen LogP contribution in [0.25, 0.3) is 0 Å². The van der Waals surface area contributed by atoms with Gasteiger partial charge in [-0.25, -0.2) is 0 Å². The van der Waals surface area contributed by atoms with Crippen molar-refractivity contribution in [3.63, 3.8) is 0 Å². The second-order valence-corrected chi connectivity index (χ2v) is 6.22. The minimum Gasteiger partial charge on any atom is -0.339 e. The summed E-state index contributed by atoms with van der Waals surface area (Å²) in [5.74, 6) is 2.92. The monoisotopic (exact) mass is 247 g/mol. The highest BCUT2D eigenvalue weighted by molar-refractivity contribution is 5.11. The lowest BCUT2D eigenvalue weighted by molar-refractivity contribution is 0.322. The van der Waals surface area contributed by atoms with Gasteiger partial charge in [-0.3, -0.25) is 0 Å². The quantitative estimate of drug-likeness (QED) is 0.873. The van der Waals surface area contributed by atoms with Gasteiger partial charge in [0.05, 0.1) is 5.92 Å². The van der Waals surface area contributed by atoms with Crippen LogP contribution in [0.4, 0.5) is 0 Å². The Hall–Kier alpha value is -0.900. The molecule has 1 aliphatic carbocycles. The van der Waals surface area contributed by atoms with E-state index >= 15 is 0 Å². The van der Waals surface area contributed by atoms with E-state index in [2.05, 4.69) is 10.5 Å². The van der Waals surface area contributed by atoms with Crippen LogP contribution in [0.5, 0.6) is 0 Å². The van der Waals surface area contributed by atoms with E-state index in [0.29, 0.717) is 23.9 Å². The third-order valence-corrected chi connectivity index (χ3v) is 5.05. The zero-order valence-corrected chi connectivity index (χ0v) is 10.8. The number of fused-ring (bicyclic) bond motifs is 2. The summed E-state index contributed by atoms with van der Waals surface area (Å²) in [6, 6.07) is 1.29. The topological polar surface area (TPSA) is 51.0 Å². The van der Waals surface area contributed by atoms with Crippen molar-refractivity contribution < 1.29 is 4.52 Å². The van der Waals surface area contributed by atoms with Crippen LogP contribution in [0.2, 0.25) is 0 Å².